The number of non-ortho nitro benzene ring substituents is 1. The third-order valence-electron chi connectivity index (χ3n) is 4.42. The Morgan fingerprint density at radius 3 is 2.41 bits per heavy atom. The highest BCUT2D eigenvalue weighted by molar-refractivity contribution is 5.97. The topological polar surface area (TPSA) is 114 Å². The van der Waals surface area contributed by atoms with Crippen LogP contribution >= 0.6 is 0 Å². The molecule has 2 aromatic carbocycles. The van der Waals surface area contributed by atoms with Gasteiger partial charge in [0.2, 0.25) is 11.8 Å². The van der Waals surface area contributed by atoms with Gasteiger partial charge in [0.1, 0.15) is 5.75 Å². The predicted molar refractivity (Wildman–Crippen MR) is 110 cm³/mol. The van der Waals surface area contributed by atoms with Crippen molar-refractivity contribution in [3.05, 3.63) is 58.1 Å². The van der Waals surface area contributed by atoms with Crippen molar-refractivity contribution >= 4 is 28.9 Å². The van der Waals surface area contributed by atoms with Crippen LogP contribution in [0.4, 0.5) is 17.1 Å². The first-order chi connectivity index (χ1) is 13.7. The number of methoxy groups -OCH3 is 1. The minimum atomic E-state index is -0.664. The van der Waals surface area contributed by atoms with Gasteiger partial charge in [-0.05, 0) is 39.1 Å². The number of benzene rings is 2. The van der Waals surface area contributed by atoms with E-state index in [4.69, 9.17) is 4.74 Å². The molecule has 0 aliphatic heterocycles. The molecule has 0 aromatic heterocycles. The highest BCUT2D eigenvalue weighted by atomic mass is 16.6. The van der Waals surface area contributed by atoms with Crippen LogP contribution in [0.1, 0.15) is 12.5 Å². The van der Waals surface area contributed by atoms with Gasteiger partial charge < -0.3 is 15.4 Å². The number of likely N-dealkylation sites (N-methyl/N-ethyl adjacent to an activating group) is 1. The summed E-state index contributed by atoms with van der Waals surface area (Å²) in [5.74, 6) is -0.380. The molecule has 29 heavy (non-hydrogen) atoms. The van der Waals surface area contributed by atoms with Crippen molar-refractivity contribution in [2.45, 2.75) is 19.9 Å². The molecular weight excluding hydrogens is 376 g/mol. The maximum absolute atomic E-state index is 12.6. The molecule has 0 bridgehead atoms. The van der Waals surface area contributed by atoms with Gasteiger partial charge >= 0.3 is 0 Å². The lowest BCUT2D eigenvalue weighted by Crippen LogP contribution is -2.43. The molecule has 0 radical (unpaired) electrons. The quantitative estimate of drug-likeness (QED) is 0.520. The number of rotatable bonds is 8. The smallest absolute Gasteiger partial charge is 0.271 e. The van der Waals surface area contributed by atoms with Gasteiger partial charge in [0, 0.05) is 17.8 Å². The summed E-state index contributed by atoms with van der Waals surface area (Å²) in [7, 11) is 3.05. The summed E-state index contributed by atoms with van der Waals surface area (Å²) in [6.45, 7) is 3.59. The minimum absolute atomic E-state index is 0.00542. The molecule has 0 fully saturated rings. The van der Waals surface area contributed by atoms with Crippen molar-refractivity contribution in [1.29, 1.82) is 0 Å². The van der Waals surface area contributed by atoms with E-state index in [1.807, 2.05) is 19.1 Å². The average molecular weight is 400 g/mol. The number of nitrogens with zero attached hydrogens (tertiary/aromatic N) is 2. The van der Waals surface area contributed by atoms with Crippen LogP contribution in [-0.4, -0.2) is 48.4 Å². The molecule has 2 N–H and O–H groups in total. The van der Waals surface area contributed by atoms with Gasteiger partial charge in [0.05, 0.1) is 30.3 Å². The van der Waals surface area contributed by atoms with E-state index in [0.717, 1.165) is 5.56 Å². The van der Waals surface area contributed by atoms with Crippen molar-refractivity contribution in [2.75, 3.05) is 31.3 Å². The lowest BCUT2D eigenvalue weighted by atomic mass is 10.2. The fourth-order valence-electron chi connectivity index (χ4n) is 2.55. The lowest BCUT2D eigenvalue weighted by molar-refractivity contribution is -0.384. The standard InChI is InChI=1S/C20H24N4O5/c1-13-5-7-15(8-6-13)21-19(25)12-23(3)14(2)20(26)22-17-11-16(24(27)28)9-10-18(17)29-4/h5-11,14H,12H2,1-4H3,(H,21,25)(H,22,26)/t14-/m1/s1. The number of aryl methyl sites for hydroxylation is 1. The Labute approximate surface area is 168 Å². The number of nitro groups is 1. The first-order valence-corrected chi connectivity index (χ1v) is 8.91. The van der Waals surface area contributed by atoms with Crippen molar-refractivity contribution in [3.8, 4) is 5.75 Å². The van der Waals surface area contributed by atoms with E-state index in [2.05, 4.69) is 10.6 Å². The summed E-state index contributed by atoms with van der Waals surface area (Å²) in [6.07, 6.45) is 0. The first kappa shape index (κ1) is 21.8. The van der Waals surface area contributed by atoms with Gasteiger partial charge in [-0.1, -0.05) is 17.7 Å². The van der Waals surface area contributed by atoms with Crippen molar-refractivity contribution in [1.82, 2.24) is 4.90 Å². The zero-order chi connectivity index (χ0) is 21.6. The summed E-state index contributed by atoms with van der Waals surface area (Å²) < 4.78 is 5.15. The zero-order valence-corrected chi connectivity index (χ0v) is 16.8. The van der Waals surface area contributed by atoms with E-state index >= 15 is 0 Å². The molecule has 0 spiro atoms. The molecule has 9 nitrogen and oxygen atoms in total. The van der Waals surface area contributed by atoms with Crippen LogP contribution in [0.2, 0.25) is 0 Å². The molecule has 0 saturated carbocycles. The molecule has 0 aliphatic carbocycles. The Balaban J connectivity index is 2.00. The Morgan fingerprint density at radius 2 is 1.83 bits per heavy atom. The first-order valence-electron chi connectivity index (χ1n) is 8.91. The van der Waals surface area contributed by atoms with Crippen molar-refractivity contribution in [3.63, 3.8) is 0 Å². The number of anilines is 2. The van der Waals surface area contributed by atoms with E-state index in [-0.39, 0.29) is 23.8 Å². The Bertz CT molecular complexity index is 898. The summed E-state index contributed by atoms with van der Waals surface area (Å²) in [5, 5.41) is 16.4. The SMILES string of the molecule is COc1ccc([N+](=O)[O-])cc1NC(=O)[C@@H](C)N(C)CC(=O)Nc1ccc(C)cc1. The van der Waals surface area contributed by atoms with Crippen LogP contribution < -0.4 is 15.4 Å². The molecule has 2 aromatic rings. The normalized spacial score (nSPS) is 11.6. The predicted octanol–water partition coefficient (Wildman–Crippen LogP) is 2.81. The summed E-state index contributed by atoms with van der Waals surface area (Å²) in [5.41, 5.74) is 1.78. The highest BCUT2D eigenvalue weighted by Gasteiger charge is 2.22. The molecular formula is C20H24N4O5. The van der Waals surface area contributed by atoms with Crippen molar-refractivity contribution in [2.24, 2.45) is 0 Å². The van der Waals surface area contributed by atoms with Gasteiger partial charge in [0.25, 0.3) is 5.69 Å². The fraction of sp³-hybridized carbons (Fsp3) is 0.300. The van der Waals surface area contributed by atoms with Crippen LogP contribution in [0.5, 0.6) is 5.75 Å². The minimum Gasteiger partial charge on any atom is -0.495 e. The Hall–Kier alpha value is -3.46. The van der Waals surface area contributed by atoms with E-state index in [1.165, 1.54) is 25.3 Å². The average Bonchev–Trinajstić information content (AvgIpc) is 2.68. The van der Waals surface area contributed by atoms with Crippen LogP contribution in [0.15, 0.2) is 42.5 Å². The second kappa shape index (κ2) is 9.65. The van der Waals surface area contributed by atoms with Crippen LogP contribution in [0.3, 0.4) is 0 Å². The van der Waals surface area contributed by atoms with Crippen molar-refractivity contribution < 1.29 is 19.2 Å². The van der Waals surface area contributed by atoms with Crippen LogP contribution in [-0.2, 0) is 9.59 Å². The number of nitro benzene ring substituents is 1. The number of carbonyl (C=O) groups excluding carboxylic acids is 2. The van der Waals surface area contributed by atoms with Gasteiger partial charge in [-0.15, -0.1) is 0 Å². The summed E-state index contributed by atoms with van der Waals surface area (Å²) >= 11 is 0. The number of carbonyl (C=O) groups is 2. The molecule has 0 saturated heterocycles. The molecule has 1 atom stereocenters. The molecule has 154 valence electrons. The van der Waals surface area contributed by atoms with Gasteiger partial charge in [-0.25, -0.2) is 0 Å². The second-order valence-electron chi connectivity index (χ2n) is 6.64. The second-order valence-corrected chi connectivity index (χ2v) is 6.64. The maximum atomic E-state index is 12.6. The van der Waals surface area contributed by atoms with Crippen LogP contribution in [0, 0.1) is 17.0 Å². The monoisotopic (exact) mass is 400 g/mol. The van der Waals surface area contributed by atoms with E-state index in [9.17, 15) is 19.7 Å². The highest BCUT2D eigenvalue weighted by Crippen LogP contribution is 2.29. The number of ether oxygens (including phenoxy) is 1. The molecule has 9 heteroatoms. The van der Waals surface area contributed by atoms with Gasteiger partial charge in [-0.2, -0.15) is 0 Å². The fourth-order valence-corrected chi connectivity index (χ4v) is 2.55. The van der Waals surface area contributed by atoms with Crippen LogP contribution in [0.25, 0.3) is 0 Å². The van der Waals surface area contributed by atoms with Gasteiger partial charge in [0.15, 0.2) is 0 Å². The van der Waals surface area contributed by atoms with Gasteiger partial charge in [-0.3, -0.25) is 24.6 Å². The van der Waals surface area contributed by atoms with E-state index in [1.54, 1.807) is 31.0 Å². The Morgan fingerprint density at radius 1 is 1.17 bits per heavy atom. The number of hydrogen-bond donors (Lipinski definition) is 2. The largest absolute Gasteiger partial charge is 0.495 e. The molecule has 2 rings (SSSR count). The van der Waals surface area contributed by atoms with E-state index in [0.29, 0.717) is 11.4 Å². The number of hydrogen-bond acceptors (Lipinski definition) is 6. The summed E-state index contributed by atoms with van der Waals surface area (Å²) in [6, 6.07) is 10.7. The lowest BCUT2D eigenvalue weighted by Gasteiger charge is -2.23. The van der Waals surface area contributed by atoms with E-state index < -0.39 is 16.9 Å². The maximum Gasteiger partial charge on any atom is 0.271 e. The molecule has 0 aliphatic rings. The number of amides is 2. The zero-order valence-electron chi connectivity index (χ0n) is 16.8. The molecule has 0 unspecified atom stereocenters. The Kier molecular flexibility index (Phi) is 7.27. The third kappa shape index (κ3) is 6.01. The molecule has 2 amide bonds. The number of nitrogens with one attached hydrogen (secondary N) is 2. The molecule has 0 heterocycles. The third-order valence-corrected chi connectivity index (χ3v) is 4.42. The summed E-state index contributed by atoms with van der Waals surface area (Å²) in [4.78, 5) is 36.8.